The van der Waals surface area contributed by atoms with E-state index in [0.29, 0.717) is 0 Å². The van der Waals surface area contributed by atoms with Crippen LogP contribution in [0.2, 0.25) is 5.02 Å². The van der Waals surface area contributed by atoms with Crippen LogP contribution in [0.3, 0.4) is 0 Å². The minimum atomic E-state index is -0.410. The first kappa shape index (κ1) is 16.0. The Kier molecular flexibility index (Phi) is 5.24. The van der Waals surface area contributed by atoms with E-state index < -0.39 is 5.82 Å². The van der Waals surface area contributed by atoms with Crippen molar-refractivity contribution in [2.45, 2.75) is 13.0 Å². The van der Waals surface area contributed by atoms with Crippen molar-refractivity contribution >= 4 is 43.5 Å². The van der Waals surface area contributed by atoms with Crippen LogP contribution in [0.15, 0.2) is 39.3 Å². The van der Waals surface area contributed by atoms with Gasteiger partial charge in [0.25, 0.3) is 0 Å². The van der Waals surface area contributed by atoms with Gasteiger partial charge >= 0.3 is 0 Å². The predicted octanol–water partition coefficient (Wildman–Crippen LogP) is 5.62. The second kappa shape index (κ2) is 6.56. The van der Waals surface area contributed by atoms with E-state index in [4.69, 9.17) is 11.6 Å². The molecule has 1 atom stereocenters. The van der Waals surface area contributed by atoms with E-state index >= 15 is 0 Å². The normalized spacial score (nSPS) is 12.5. The van der Waals surface area contributed by atoms with Crippen molar-refractivity contribution in [3.63, 3.8) is 0 Å². The summed E-state index contributed by atoms with van der Waals surface area (Å²) in [6.45, 7) is 2.02. The molecule has 0 saturated heterocycles. The van der Waals surface area contributed by atoms with E-state index in [2.05, 4.69) is 37.2 Å². The molecular weight excluding hydrogens is 408 g/mol. The summed E-state index contributed by atoms with van der Waals surface area (Å²) in [5.74, 6) is -0.410. The number of benzene rings is 2. The fourth-order valence-corrected chi connectivity index (χ4v) is 3.24. The van der Waals surface area contributed by atoms with E-state index in [1.165, 1.54) is 6.07 Å². The molecule has 0 aliphatic heterocycles. The van der Waals surface area contributed by atoms with Gasteiger partial charge in [0.2, 0.25) is 0 Å². The van der Waals surface area contributed by atoms with E-state index in [0.717, 1.165) is 25.6 Å². The summed E-state index contributed by atoms with van der Waals surface area (Å²) in [6, 6.07) is 8.82. The number of nitrogens with one attached hydrogen (secondary N) is 1. The second-order valence-corrected chi connectivity index (χ2v) is 6.63. The summed E-state index contributed by atoms with van der Waals surface area (Å²) < 4.78 is 15.7. The molecule has 0 radical (unpaired) electrons. The Bertz CT molecular complexity index is 646. The van der Waals surface area contributed by atoms with Gasteiger partial charge in [-0.1, -0.05) is 49.5 Å². The van der Waals surface area contributed by atoms with Crippen LogP contribution in [0.1, 0.15) is 22.7 Å². The zero-order valence-corrected chi connectivity index (χ0v) is 14.9. The molecule has 106 valence electrons. The lowest BCUT2D eigenvalue weighted by molar-refractivity contribution is 0.616. The summed E-state index contributed by atoms with van der Waals surface area (Å²) in [5.41, 5.74) is 3.00. The van der Waals surface area contributed by atoms with Gasteiger partial charge in [0.1, 0.15) is 5.82 Å². The molecule has 0 fully saturated rings. The highest BCUT2D eigenvalue weighted by atomic mass is 79.9. The molecule has 2 rings (SSSR count). The molecule has 0 saturated carbocycles. The fourth-order valence-electron chi connectivity index (χ4n) is 2.08. The van der Waals surface area contributed by atoms with Crippen molar-refractivity contribution in [2.75, 3.05) is 7.05 Å². The highest BCUT2D eigenvalue weighted by molar-refractivity contribution is 9.11. The van der Waals surface area contributed by atoms with Gasteiger partial charge in [0.15, 0.2) is 0 Å². The second-order valence-electron chi connectivity index (χ2n) is 4.52. The molecule has 0 aliphatic rings. The SMILES string of the molecule is CNC(c1ccc(Cl)c(F)c1)c1cc(Br)c(C)cc1Br. The van der Waals surface area contributed by atoms with E-state index in [1.54, 1.807) is 6.07 Å². The van der Waals surface area contributed by atoms with E-state index in [1.807, 2.05) is 32.2 Å². The lowest BCUT2D eigenvalue weighted by Gasteiger charge is -2.20. The number of rotatable bonds is 3. The lowest BCUT2D eigenvalue weighted by Crippen LogP contribution is -2.18. The molecule has 5 heteroatoms. The maximum Gasteiger partial charge on any atom is 0.142 e. The monoisotopic (exact) mass is 419 g/mol. The van der Waals surface area contributed by atoms with Crippen LogP contribution in [-0.2, 0) is 0 Å². The minimum absolute atomic E-state index is 0.118. The molecular formula is C15H13Br2ClFN. The highest BCUT2D eigenvalue weighted by Gasteiger charge is 2.17. The van der Waals surface area contributed by atoms with Gasteiger partial charge < -0.3 is 5.32 Å². The molecule has 20 heavy (non-hydrogen) atoms. The van der Waals surface area contributed by atoms with Crippen LogP contribution in [0.25, 0.3) is 0 Å². The Morgan fingerprint density at radius 2 is 1.85 bits per heavy atom. The zero-order valence-electron chi connectivity index (χ0n) is 11.0. The third kappa shape index (κ3) is 3.25. The van der Waals surface area contributed by atoms with Crippen molar-refractivity contribution in [2.24, 2.45) is 0 Å². The van der Waals surface area contributed by atoms with Crippen molar-refractivity contribution in [3.8, 4) is 0 Å². The first-order valence-corrected chi connectivity index (χ1v) is 7.98. The highest BCUT2D eigenvalue weighted by Crippen LogP contribution is 2.33. The van der Waals surface area contributed by atoms with Crippen molar-refractivity contribution in [1.29, 1.82) is 0 Å². The predicted molar refractivity (Wildman–Crippen MR) is 88.9 cm³/mol. The summed E-state index contributed by atoms with van der Waals surface area (Å²) in [4.78, 5) is 0. The number of halogens is 4. The molecule has 0 aromatic heterocycles. The Morgan fingerprint density at radius 3 is 2.45 bits per heavy atom. The quantitative estimate of drug-likeness (QED) is 0.678. The molecule has 1 N–H and O–H groups in total. The third-order valence-corrected chi connectivity index (χ3v) is 5.00. The smallest absolute Gasteiger partial charge is 0.142 e. The zero-order chi connectivity index (χ0) is 14.9. The third-order valence-electron chi connectivity index (χ3n) is 3.15. The lowest BCUT2D eigenvalue weighted by atomic mass is 9.98. The maximum absolute atomic E-state index is 13.7. The average molecular weight is 422 g/mol. The Labute approximate surface area is 139 Å². The largest absolute Gasteiger partial charge is 0.309 e. The van der Waals surface area contributed by atoms with Gasteiger partial charge in [-0.05, 0) is 54.9 Å². The Hall–Kier alpha value is -0.420. The summed E-state index contributed by atoms with van der Waals surface area (Å²) in [5, 5.41) is 3.34. The Balaban J connectivity index is 2.52. The maximum atomic E-state index is 13.7. The van der Waals surface area contributed by atoms with Gasteiger partial charge in [-0.25, -0.2) is 4.39 Å². The van der Waals surface area contributed by atoms with Gasteiger partial charge in [-0.3, -0.25) is 0 Å². The average Bonchev–Trinajstić information content (AvgIpc) is 2.40. The van der Waals surface area contributed by atoms with Crippen molar-refractivity contribution in [3.05, 3.63) is 66.8 Å². The first-order chi connectivity index (χ1) is 9.43. The van der Waals surface area contributed by atoms with Crippen LogP contribution >= 0.6 is 43.5 Å². The molecule has 1 nitrogen and oxygen atoms in total. The van der Waals surface area contributed by atoms with E-state index in [9.17, 15) is 4.39 Å². The number of hydrogen-bond donors (Lipinski definition) is 1. The summed E-state index contributed by atoms with van der Waals surface area (Å²) in [6.07, 6.45) is 0. The molecule has 0 spiro atoms. The van der Waals surface area contributed by atoms with E-state index in [-0.39, 0.29) is 11.1 Å². The number of hydrogen-bond acceptors (Lipinski definition) is 1. The standard InChI is InChI=1S/C15H13Br2ClFN/c1-8-5-12(17)10(7-11(8)16)15(20-2)9-3-4-13(18)14(19)6-9/h3-7,15,20H,1-2H3. The summed E-state index contributed by atoms with van der Waals surface area (Å²) in [7, 11) is 1.84. The van der Waals surface area contributed by atoms with Crippen LogP contribution < -0.4 is 5.32 Å². The minimum Gasteiger partial charge on any atom is -0.309 e. The fraction of sp³-hybridized carbons (Fsp3) is 0.200. The molecule has 0 aliphatic carbocycles. The molecule has 0 heterocycles. The van der Waals surface area contributed by atoms with Gasteiger partial charge in [0.05, 0.1) is 11.1 Å². The molecule has 2 aromatic carbocycles. The van der Waals surface area contributed by atoms with Crippen LogP contribution in [-0.4, -0.2) is 7.05 Å². The van der Waals surface area contributed by atoms with Crippen LogP contribution in [0.5, 0.6) is 0 Å². The molecule has 0 amide bonds. The molecule has 0 bridgehead atoms. The van der Waals surface area contributed by atoms with Crippen molar-refractivity contribution < 1.29 is 4.39 Å². The van der Waals surface area contributed by atoms with Gasteiger partial charge in [0, 0.05) is 8.95 Å². The van der Waals surface area contributed by atoms with Gasteiger partial charge in [-0.2, -0.15) is 0 Å². The first-order valence-electron chi connectivity index (χ1n) is 6.01. The molecule has 2 aromatic rings. The van der Waals surface area contributed by atoms with Crippen molar-refractivity contribution in [1.82, 2.24) is 5.32 Å². The topological polar surface area (TPSA) is 12.0 Å². The number of aryl methyl sites for hydroxylation is 1. The Morgan fingerprint density at radius 1 is 1.15 bits per heavy atom. The summed E-state index contributed by atoms with van der Waals surface area (Å²) >= 11 is 12.8. The van der Waals surface area contributed by atoms with Crippen LogP contribution in [0.4, 0.5) is 4.39 Å². The van der Waals surface area contributed by atoms with Gasteiger partial charge in [-0.15, -0.1) is 0 Å². The van der Waals surface area contributed by atoms with Crippen LogP contribution in [0, 0.1) is 12.7 Å². The molecule has 1 unspecified atom stereocenters.